The molecule has 0 atom stereocenters. The average molecular weight is 569 g/mol. The lowest BCUT2D eigenvalue weighted by molar-refractivity contribution is 0.304. The summed E-state index contributed by atoms with van der Waals surface area (Å²) in [5, 5.41) is 9.76. The SMILES string of the molecule is C[Si](C)(C)C[Si](C)(C)CCCCCCCCCCCOc1ccc(-c2nnc(OCCCCl)s2)cc1. The Kier molecular flexibility index (Phi) is 14.7. The van der Waals surface area contributed by atoms with Gasteiger partial charge in [0.25, 0.3) is 5.19 Å². The van der Waals surface area contributed by atoms with E-state index in [0.29, 0.717) is 17.7 Å². The van der Waals surface area contributed by atoms with Gasteiger partial charge < -0.3 is 9.47 Å². The summed E-state index contributed by atoms with van der Waals surface area (Å²) >= 11 is 7.13. The summed E-state index contributed by atoms with van der Waals surface area (Å²) in [6.45, 7) is 14.2. The largest absolute Gasteiger partial charge is 0.494 e. The average Bonchev–Trinajstić information content (AvgIpc) is 3.28. The van der Waals surface area contributed by atoms with Crippen LogP contribution < -0.4 is 9.47 Å². The van der Waals surface area contributed by atoms with Crippen LogP contribution >= 0.6 is 22.9 Å². The number of hydrogen-bond donors (Lipinski definition) is 0. The number of aromatic nitrogens is 2. The Labute approximate surface area is 231 Å². The Balaban J connectivity index is 1.47. The lowest BCUT2D eigenvalue weighted by Gasteiger charge is -2.29. The topological polar surface area (TPSA) is 44.2 Å². The van der Waals surface area contributed by atoms with Crippen LogP contribution in [0.1, 0.15) is 64.2 Å². The molecule has 0 aliphatic rings. The van der Waals surface area contributed by atoms with Crippen LogP contribution in [-0.4, -0.2) is 45.4 Å². The molecular weight excluding hydrogens is 520 g/mol. The fourth-order valence-electron chi connectivity index (χ4n) is 4.95. The van der Waals surface area contributed by atoms with Crippen LogP contribution in [0.15, 0.2) is 24.3 Å². The maximum atomic E-state index is 5.93. The van der Waals surface area contributed by atoms with Gasteiger partial charge in [-0.2, -0.15) is 0 Å². The smallest absolute Gasteiger partial charge is 0.294 e. The van der Waals surface area contributed by atoms with E-state index in [0.717, 1.165) is 35.8 Å². The molecule has 1 heterocycles. The van der Waals surface area contributed by atoms with E-state index in [1.807, 2.05) is 24.3 Å². The van der Waals surface area contributed by atoms with Gasteiger partial charge in [0.05, 0.1) is 13.2 Å². The summed E-state index contributed by atoms with van der Waals surface area (Å²) in [6, 6.07) is 9.63. The summed E-state index contributed by atoms with van der Waals surface area (Å²) < 4.78 is 11.5. The third-order valence-corrected chi connectivity index (χ3v) is 17.2. The summed E-state index contributed by atoms with van der Waals surface area (Å²) in [4.78, 5) is 0. The zero-order chi connectivity index (χ0) is 26.3. The fraction of sp³-hybridized carbons (Fsp3) is 0.714. The Hall–Kier alpha value is -0.896. The number of halogens is 1. The first-order valence-corrected chi connectivity index (χ1v) is 22.4. The highest BCUT2D eigenvalue weighted by molar-refractivity contribution is 7.16. The summed E-state index contributed by atoms with van der Waals surface area (Å²) in [5.41, 5.74) is 2.62. The molecule has 0 saturated heterocycles. The molecule has 1 aromatic heterocycles. The zero-order valence-electron chi connectivity index (χ0n) is 23.4. The minimum Gasteiger partial charge on any atom is -0.494 e. The number of benzene rings is 1. The number of ether oxygens (including phenoxy) is 2. The van der Waals surface area contributed by atoms with Crippen LogP contribution in [0.5, 0.6) is 10.9 Å². The van der Waals surface area contributed by atoms with E-state index in [-0.39, 0.29) is 0 Å². The third kappa shape index (κ3) is 14.2. The van der Waals surface area contributed by atoms with E-state index in [1.165, 1.54) is 68.7 Å². The molecule has 0 radical (unpaired) electrons. The minimum absolute atomic E-state index is 0.573. The van der Waals surface area contributed by atoms with Crippen molar-refractivity contribution in [3.8, 4) is 21.5 Å². The van der Waals surface area contributed by atoms with Crippen LogP contribution in [0.2, 0.25) is 44.4 Å². The normalized spacial score (nSPS) is 12.2. The van der Waals surface area contributed by atoms with Gasteiger partial charge in [0.2, 0.25) is 0 Å². The molecule has 0 aliphatic heterocycles. The lowest BCUT2D eigenvalue weighted by Crippen LogP contribution is -2.37. The Morgan fingerprint density at radius 2 is 1.31 bits per heavy atom. The van der Waals surface area contributed by atoms with E-state index in [2.05, 4.69) is 42.9 Å². The van der Waals surface area contributed by atoms with Crippen LogP contribution in [0, 0.1) is 0 Å². The summed E-state index contributed by atoms with van der Waals surface area (Å²) in [5.74, 6) is 1.50. The maximum Gasteiger partial charge on any atom is 0.294 e. The number of hydrogen-bond acceptors (Lipinski definition) is 5. The second-order valence-corrected chi connectivity index (χ2v) is 24.7. The molecule has 1 aromatic carbocycles. The van der Waals surface area contributed by atoms with Crippen molar-refractivity contribution in [2.45, 2.75) is 109 Å². The second kappa shape index (κ2) is 16.8. The van der Waals surface area contributed by atoms with Gasteiger partial charge in [0.1, 0.15) is 5.75 Å². The second-order valence-electron chi connectivity index (χ2n) is 12.0. The first-order chi connectivity index (χ1) is 17.2. The Morgan fingerprint density at radius 1 is 0.722 bits per heavy atom. The van der Waals surface area contributed by atoms with Crippen molar-refractivity contribution in [1.29, 1.82) is 0 Å². The molecule has 0 saturated carbocycles. The number of rotatable bonds is 20. The Bertz CT molecular complexity index is 841. The monoisotopic (exact) mass is 568 g/mol. The summed E-state index contributed by atoms with van der Waals surface area (Å²) in [6.07, 6.45) is 13.0. The molecule has 8 heteroatoms. The van der Waals surface area contributed by atoms with Crippen molar-refractivity contribution in [1.82, 2.24) is 10.2 Å². The van der Waals surface area contributed by atoms with Gasteiger partial charge in [-0.25, -0.2) is 0 Å². The maximum absolute atomic E-state index is 5.93. The van der Waals surface area contributed by atoms with Gasteiger partial charge in [-0.3, -0.25) is 0 Å². The van der Waals surface area contributed by atoms with E-state index < -0.39 is 16.1 Å². The van der Waals surface area contributed by atoms with Crippen molar-refractivity contribution >= 4 is 39.1 Å². The van der Waals surface area contributed by atoms with Gasteiger partial charge in [0.15, 0.2) is 5.01 Å². The van der Waals surface area contributed by atoms with Crippen molar-refractivity contribution in [3.05, 3.63) is 24.3 Å². The van der Waals surface area contributed by atoms with Gasteiger partial charge >= 0.3 is 0 Å². The molecule has 2 rings (SSSR count). The molecular formula is C28H49ClN2O2SSi2. The predicted octanol–water partition coefficient (Wildman–Crippen LogP) is 9.69. The van der Waals surface area contributed by atoms with Crippen LogP contribution in [-0.2, 0) is 0 Å². The van der Waals surface area contributed by atoms with Gasteiger partial charge in [-0.05, 0) is 37.1 Å². The highest BCUT2D eigenvalue weighted by atomic mass is 35.5. The minimum atomic E-state index is -0.944. The molecule has 0 amide bonds. The van der Waals surface area contributed by atoms with Crippen LogP contribution in [0.25, 0.3) is 10.6 Å². The van der Waals surface area contributed by atoms with Gasteiger partial charge in [-0.1, -0.05) is 112 Å². The van der Waals surface area contributed by atoms with Crippen LogP contribution in [0.3, 0.4) is 0 Å². The molecule has 0 spiro atoms. The van der Waals surface area contributed by atoms with Crippen molar-refractivity contribution in [3.63, 3.8) is 0 Å². The lowest BCUT2D eigenvalue weighted by atomic mass is 10.1. The molecule has 0 N–H and O–H groups in total. The standard InChI is InChI=1S/C28H49ClN2O2SSi2/c1-35(2,3)24-36(4,5)23-14-12-10-8-6-7-9-11-13-21-32-26-18-16-25(17-19-26)27-30-31-28(34-27)33-22-15-20-29/h16-19H,6-15,20-24H2,1-5H3. The Morgan fingerprint density at radius 3 is 1.92 bits per heavy atom. The van der Waals surface area contributed by atoms with Crippen molar-refractivity contribution in [2.24, 2.45) is 0 Å². The number of nitrogens with zero attached hydrogens (tertiary/aromatic N) is 2. The fourth-order valence-corrected chi connectivity index (χ4v) is 19.2. The molecule has 0 fully saturated rings. The molecule has 0 aliphatic carbocycles. The number of unbranched alkanes of at least 4 members (excludes halogenated alkanes) is 8. The first-order valence-electron chi connectivity index (χ1n) is 13.9. The highest BCUT2D eigenvalue weighted by Gasteiger charge is 2.27. The van der Waals surface area contributed by atoms with Crippen molar-refractivity contribution in [2.75, 3.05) is 19.1 Å². The molecule has 36 heavy (non-hydrogen) atoms. The highest BCUT2D eigenvalue weighted by Crippen LogP contribution is 2.29. The van der Waals surface area contributed by atoms with Crippen LogP contribution in [0.4, 0.5) is 0 Å². The van der Waals surface area contributed by atoms with E-state index in [1.54, 1.807) is 5.67 Å². The quantitative estimate of drug-likeness (QED) is 0.0905. The zero-order valence-corrected chi connectivity index (χ0v) is 27.0. The van der Waals surface area contributed by atoms with E-state index in [9.17, 15) is 0 Å². The molecule has 0 unspecified atom stereocenters. The van der Waals surface area contributed by atoms with Gasteiger partial charge in [0, 0.05) is 27.6 Å². The first kappa shape index (κ1) is 31.3. The molecule has 204 valence electrons. The molecule has 0 bridgehead atoms. The molecule has 2 aromatic rings. The van der Waals surface area contributed by atoms with Gasteiger partial charge in [-0.15, -0.1) is 16.7 Å². The molecule has 4 nitrogen and oxygen atoms in total. The third-order valence-electron chi connectivity index (χ3n) is 6.29. The van der Waals surface area contributed by atoms with E-state index in [4.69, 9.17) is 21.1 Å². The predicted molar refractivity (Wildman–Crippen MR) is 164 cm³/mol. The number of alkyl halides is 1. The summed E-state index contributed by atoms with van der Waals surface area (Å²) in [7, 11) is -1.83. The van der Waals surface area contributed by atoms with E-state index >= 15 is 0 Å². The van der Waals surface area contributed by atoms with Crippen molar-refractivity contribution < 1.29 is 9.47 Å².